The molecule has 7 heteroatoms. The summed E-state index contributed by atoms with van der Waals surface area (Å²) in [4.78, 5) is 22.7. The molecule has 1 atom stereocenters. The SMILES string of the molecule is CCC(=O)N1CCOCC1(c1ccccn1)c1ncno1. The fourth-order valence-electron chi connectivity index (χ4n) is 2.63. The van der Waals surface area contributed by atoms with Crippen molar-refractivity contribution in [2.24, 2.45) is 0 Å². The van der Waals surface area contributed by atoms with Gasteiger partial charge in [-0.2, -0.15) is 4.98 Å². The van der Waals surface area contributed by atoms with Crippen molar-refractivity contribution >= 4 is 5.91 Å². The second kappa shape index (κ2) is 5.61. The Kier molecular flexibility index (Phi) is 3.66. The summed E-state index contributed by atoms with van der Waals surface area (Å²) >= 11 is 0. The highest BCUT2D eigenvalue weighted by Crippen LogP contribution is 2.36. The molecule has 3 heterocycles. The largest absolute Gasteiger partial charge is 0.376 e. The van der Waals surface area contributed by atoms with Gasteiger partial charge in [-0.05, 0) is 12.1 Å². The maximum Gasteiger partial charge on any atom is 0.261 e. The van der Waals surface area contributed by atoms with Gasteiger partial charge in [-0.3, -0.25) is 9.78 Å². The van der Waals surface area contributed by atoms with E-state index in [9.17, 15) is 4.79 Å². The molecule has 0 radical (unpaired) electrons. The number of pyridine rings is 1. The first kappa shape index (κ1) is 13.7. The van der Waals surface area contributed by atoms with Gasteiger partial charge in [0.1, 0.15) is 0 Å². The van der Waals surface area contributed by atoms with Crippen LogP contribution in [-0.2, 0) is 15.1 Å². The maximum atomic E-state index is 12.4. The van der Waals surface area contributed by atoms with E-state index in [1.165, 1.54) is 6.33 Å². The Hall–Kier alpha value is -2.28. The molecule has 0 spiro atoms. The molecule has 0 saturated carbocycles. The van der Waals surface area contributed by atoms with Crippen molar-refractivity contribution in [2.75, 3.05) is 19.8 Å². The highest BCUT2D eigenvalue weighted by molar-refractivity contribution is 5.77. The molecule has 0 N–H and O–H groups in total. The molecular formula is C14H16N4O3. The summed E-state index contributed by atoms with van der Waals surface area (Å²) in [6.07, 6.45) is 3.39. The van der Waals surface area contributed by atoms with Crippen molar-refractivity contribution in [1.82, 2.24) is 20.0 Å². The lowest BCUT2D eigenvalue weighted by Crippen LogP contribution is -2.58. The molecule has 1 aliphatic heterocycles. The van der Waals surface area contributed by atoms with E-state index in [2.05, 4.69) is 15.1 Å². The Balaban J connectivity index is 2.17. The fourth-order valence-corrected chi connectivity index (χ4v) is 2.63. The van der Waals surface area contributed by atoms with Gasteiger partial charge in [0, 0.05) is 19.2 Å². The highest BCUT2D eigenvalue weighted by atomic mass is 16.5. The summed E-state index contributed by atoms with van der Waals surface area (Å²) in [5, 5.41) is 3.68. The second-order valence-electron chi connectivity index (χ2n) is 4.77. The number of hydrogen-bond acceptors (Lipinski definition) is 6. The van der Waals surface area contributed by atoms with E-state index in [-0.39, 0.29) is 12.5 Å². The Bertz CT molecular complexity index is 602. The van der Waals surface area contributed by atoms with Crippen LogP contribution in [0.25, 0.3) is 0 Å². The standard InChI is InChI=1S/C14H16N4O3/c1-2-12(19)18-7-8-20-9-14(18,13-16-10-17-21-13)11-5-3-4-6-15-11/h3-6,10H,2,7-9H2,1H3. The molecule has 110 valence electrons. The molecule has 0 bridgehead atoms. The molecule has 3 rings (SSSR count). The van der Waals surface area contributed by atoms with E-state index in [1.807, 2.05) is 25.1 Å². The van der Waals surface area contributed by atoms with Crippen LogP contribution in [0.1, 0.15) is 24.9 Å². The Labute approximate surface area is 121 Å². The predicted molar refractivity (Wildman–Crippen MR) is 72.1 cm³/mol. The van der Waals surface area contributed by atoms with Crippen molar-refractivity contribution in [3.63, 3.8) is 0 Å². The molecule has 0 aliphatic carbocycles. The molecule has 1 aliphatic rings. The summed E-state index contributed by atoms with van der Waals surface area (Å²) in [6.45, 7) is 3.02. The quantitative estimate of drug-likeness (QED) is 0.837. The summed E-state index contributed by atoms with van der Waals surface area (Å²) in [7, 11) is 0. The zero-order chi connectivity index (χ0) is 14.7. The van der Waals surface area contributed by atoms with Crippen LogP contribution in [0.2, 0.25) is 0 Å². The van der Waals surface area contributed by atoms with Crippen LogP contribution in [0.4, 0.5) is 0 Å². The molecule has 7 nitrogen and oxygen atoms in total. The average molecular weight is 288 g/mol. The van der Waals surface area contributed by atoms with Crippen LogP contribution in [0.3, 0.4) is 0 Å². The van der Waals surface area contributed by atoms with Crippen molar-refractivity contribution in [3.05, 3.63) is 42.3 Å². The molecule has 1 amide bonds. The van der Waals surface area contributed by atoms with Crippen LogP contribution in [0.5, 0.6) is 0 Å². The van der Waals surface area contributed by atoms with E-state index in [1.54, 1.807) is 11.1 Å². The zero-order valence-corrected chi connectivity index (χ0v) is 11.7. The summed E-state index contributed by atoms with van der Waals surface area (Å²) in [5.74, 6) is 0.324. The minimum Gasteiger partial charge on any atom is -0.376 e. The molecule has 2 aromatic heterocycles. The van der Waals surface area contributed by atoms with Crippen molar-refractivity contribution in [3.8, 4) is 0 Å². The third-order valence-electron chi connectivity index (χ3n) is 3.64. The number of aromatic nitrogens is 3. The normalized spacial score (nSPS) is 22.2. The van der Waals surface area contributed by atoms with Crippen LogP contribution >= 0.6 is 0 Å². The molecule has 0 aromatic carbocycles. The topological polar surface area (TPSA) is 81.4 Å². The maximum absolute atomic E-state index is 12.4. The lowest BCUT2D eigenvalue weighted by Gasteiger charge is -2.43. The second-order valence-corrected chi connectivity index (χ2v) is 4.77. The van der Waals surface area contributed by atoms with Crippen LogP contribution in [0, 0.1) is 0 Å². The van der Waals surface area contributed by atoms with E-state index >= 15 is 0 Å². The van der Waals surface area contributed by atoms with Crippen molar-refractivity contribution < 1.29 is 14.1 Å². The Morgan fingerprint density at radius 1 is 1.43 bits per heavy atom. The van der Waals surface area contributed by atoms with Gasteiger partial charge in [-0.25, -0.2) is 0 Å². The van der Waals surface area contributed by atoms with Gasteiger partial charge in [0.15, 0.2) is 11.9 Å². The minimum atomic E-state index is -0.955. The third-order valence-corrected chi connectivity index (χ3v) is 3.64. The van der Waals surface area contributed by atoms with Crippen LogP contribution < -0.4 is 0 Å². The molecular weight excluding hydrogens is 272 g/mol. The number of amides is 1. The number of carbonyl (C=O) groups is 1. The smallest absolute Gasteiger partial charge is 0.261 e. The number of nitrogens with zero attached hydrogens (tertiary/aromatic N) is 4. The first-order valence-electron chi connectivity index (χ1n) is 6.86. The van der Waals surface area contributed by atoms with E-state index in [4.69, 9.17) is 9.26 Å². The predicted octanol–water partition coefficient (Wildman–Crippen LogP) is 0.977. The first-order valence-corrected chi connectivity index (χ1v) is 6.86. The molecule has 2 aromatic rings. The van der Waals surface area contributed by atoms with Gasteiger partial charge < -0.3 is 14.2 Å². The van der Waals surface area contributed by atoms with Crippen molar-refractivity contribution in [1.29, 1.82) is 0 Å². The summed E-state index contributed by atoms with van der Waals surface area (Å²) < 4.78 is 10.9. The van der Waals surface area contributed by atoms with Crippen molar-refractivity contribution in [2.45, 2.75) is 18.9 Å². The number of ether oxygens (including phenoxy) is 1. The molecule has 1 saturated heterocycles. The molecule has 21 heavy (non-hydrogen) atoms. The number of rotatable bonds is 3. The fraction of sp³-hybridized carbons (Fsp3) is 0.429. The van der Waals surface area contributed by atoms with E-state index < -0.39 is 5.54 Å². The van der Waals surface area contributed by atoms with Crippen LogP contribution in [0.15, 0.2) is 35.2 Å². The lowest BCUT2D eigenvalue weighted by atomic mass is 9.91. The van der Waals surface area contributed by atoms with Gasteiger partial charge in [0.25, 0.3) is 5.89 Å². The zero-order valence-electron chi connectivity index (χ0n) is 11.7. The lowest BCUT2D eigenvalue weighted by molar-refractivity contribution is -0.149. The van der Waals surface area contributed by atoms with Gasteiger partial charge in [-0.15, -0.1) is 0 Å². The number of morpholine rings is 1. The summed E-state index contributed by atoms with van der Waals surface area (Å²) in [5.41, 5.74) is -0.293. The number of hydrogen-bond donors (Lipinski definition) is 0. The first-order chi connectivity index (χ1) is 10.3. The van der Waals surface area contributed by atoms with Gasteiger partial charge in [0.05, 0.1) is 18.9 Å². The number of carbonyl (C=O) groups excluding carboxylic acids is 1. The molecule has 1 unspecified atom stereocenters. The highest BCUT2D eigenvalue weighted by Gasteiger charge is 2.50. The summed E-state index contributed by atoms with van der Waals surface area (Å²) in [6, 6.07) is 5.53. The van der Waals surface area contributed by atoms with Gasteiger partial charge in [-0.1, -0.05) is 18.1 Å². The van der Waals surface area contributed by atoms with Crippen LogP contribution in [-0.4, -0.2) is 45.7 Å². The monoisotopic (exact) mass is 288 g/mol. The molecule has 1 fully saturated rings. The third kappa shape index (κ3) is 2.19. The average Bonchev–Trinajstić information content (AvgIpc) is 3.09. The van der Waals surface area contributed by atoms with E-state index in [0.29, 0.717) is 31.2 Å². The van der Waals surface area contributed by atoms with E-state index in [0.717, 1.165) is 0 Å². The van der Waals surface area contributed by atoms with Gasteiger partial charge >= 0.3 is 0 Å². The van der Waals surface area contributed by atoms with Gasteiger partial charge in [0.2, 0.25) is 5.91 Å². The Morgan fingerprint density at radius 3 is 3.00 bits per heavy atom. The minimum absolute atomic E-state index is 0.00199. The Morgan fingerprint density at radius 2 is 2.33 bits per heavy atom.